The zero-order valence-electron chi connectivity index (χ0n) is 12.2. The molecule has 1 aromatic rings. The molecule has 0 radical (unpaired) electrons. The zero-order chi connectivity index (χ0) is 14.2. The molecule has 0 atom stereocenters. The summed E-state index contributed by atoms with van der Waals surface area (Å²) in [6.45, 7) is 4.28. The van der Waals surface area contributed by atoms with Gasteiger partial charge in [0.05, 0.1) is 0 Å². The molecule has 0 fully saturated rings. The fourth-order valence-electron chi connectivity index (χ4n) is 2.51. The molecule has 3 heteroatoms. The minimum Gasteiger partial charge on any atom is -0.339 e. The average Bonchev–Trinajstić information content (AvgIpc) is 2.99. The maximum atomic E-state index is 12.2. The fourth-order valence-corrected chi connectivity index (χ4v) is 2.51. The Morgan fingerprint density at radius 2 is 1.95 bits per heavy atom. The molecule has 108 valence electrons. The van der Waals surface area contributed by atoms with Crippen molar-refractivity contribution in [2.75, 3.05) is 13.1 Å². The predicted octanol–water partition coefficient (Wildman–Crippen LogP) is 2.73. The molecule has 3 nitrogen and oxygen atoms in total. The Balaban J connectivity index is 1.74. The second-order valence-electron chi connectivity index (χ2n) is 5.24. The van der Waals surface area contributed by atoms with Crippen LogP contribution < -0.4 is 5.32 Å². The quantitative estimate of drug-likeness (QED) is 0.774. The summed E-state index contributed by atoms with van der Waals surface area (Å²) in [5.74, 6) is 0.231. The van der Waals surface area contributed by atoms with Gasteiger partial charge in [0.25, 0.3) is 0 Å². The Labute approximate surface area is 121 Å². The maximum absolute atomic E-state index is 12.2. The summed E-state index contributed by atoms with van der Waals surface area (Å²) in [5, 5.41) is 3.45. The Kier molecular flexibility index (Phi) is 5.81. The number of hydrogen-bond acceptors (Lipinski definition) is 2. The van der Waals surface area contributed by atoms with Crippen LogP contribution in [0.1, 0.15) is 31.7 Å². The molecule has 0 spiro atoms. The number of carbonyl (C=O) groups excluding carboxylic acids is 1. The highest BCUT2D eigenvalue weighted by molar-refractivity contribution is 5.76. The van der Waals surface area contributed by atoms with E-state index in [1.54, 1.807) is 0 Å². The van der Waals surface area contributed by atoms with E-state index in [2.05, 4.69) is 29.6 Å². The standard InChI is InChI=1S/C17H24N2O/c1-2-19(14-15-8-4-3-5-9-15)17(20)12-13-18-16-10-6-7-11-16/h3-9,16,18H,2,10-14H2,1H3. The van der Waals surface area contributed by atoms with E-state index in [4.69, 9.17) is 0 Å². The highest BCUT2D eigenvalue weighted by atomic mass is 16.2. The highest BCUT2D eigenvalue weighted by Gasteiger charge is 2.13. The SMILES string of the molecule is CCN(Cc1ccccc1)C(=O)CCNC1CC=CC1. The monoisotopic (exact) mass is 272 g/mol. The van der Waals surface area contributed by atoms with E-state index in [1.807, 2.05) is 30.0 Å². The molecule has 0 aliphatic heterocycles. The van der Waals surface area contributed by atoms with Crippen molar-refractivity contribution in [2.24, 2.45) is 0 Å². The van der Waals surface area contributed by atoms with Crippen molar-refractivity contribution >= 4 is 5.91 Å². The van der Waals surface area contributed by atoms with E-state index in [0.717, 1.165) is 25.9 Å². The summed E-state index contributed by atoms with van der Waals surface area (Å²) in [6.07, 6.45) is 7.17. The lowest BCUT2D eigenvalue weighted by Gasteiger charge is -2.21. The lowest BCUT2D eigenvalue weighted by Crippen LogP contribution is -2.35. The van der Waals surface area contributed by atoms with Gasteiger partial charge in [0.15, 0.2) is 0 Å². The summed E-state index contributed by atoms with van der Waals surface area (Å²) in [7, 11) is 0. The molecule has 1 aliphatic rings. The molecular weight excluding hydrogens is 248 g/mol. The normalized spacial score (nSPS) is 14.7. The van der Waals surface area contributed by atoms with Gasteiger partial charge in [-0.3, -0.25) is 4.79 Å². The van der Waals surface area contributed by atoms with Crippen LogP contribution in [0.5, 0.6) is 0 Å². The summed E-state index contributed by atoms with van der Waals surface area (Å²) >= 11 is 0. The lowest BCUT2D eigenvalue weighted by atomic mass is 10.2. The molecule has 0 saturated heterocycles. The first-order valence-electron chi connectivity index (χ1n) is 7.49. The van der Waals surface area contributed by atoms with Crippen molar-refractivity contribution in [3.63, 3.8) is 0 Å². The van der Waals surface area contributed by atoms with Gasteiger partial charge in [0.2, 0.25) is 5.91 Å². The van der Waals surface area contributed by atoms with Gasteiger partial charge in [-0.1, -0.05) is 42.5 Å². The van der Waals surface area contributed by atoms with Crippen molar-refractivity contribution in [1.29, 1.82) is 0 Å². The molecule has 2 rings (SSSR count). The number of benzene rings is 1. The van der Waals surface area contributed by atoms with Gasteiger partial charge >= 0.3 is 0 Å². The summed E-state index contributed by atoms with van der Waals surface area (Å²) in [5.41, 5.74) is 1.19. The summed E-state index contributed by atoms with van der Waals surface area (Å²) in [6, 6.07) is 10.7. The van der Waals surface area contributed by atoms with Crippen molar-refractivity contribution in [3.8, 4) is 0 Å². The van der Waals surface area contributed by atoms with Gasteiger partial charge < -0.3 is 10.2 Å². The first kappa shape index (κ1) is 14.8. The molecular formula is C17H24N2O. The zero-order valence-corrected chi connectivity index (χ0v) is 12.2. The van der Waals surface area contributed by atoms with Crippen molar-refractivity contribution in [2.45, 2.75) is 38.8 Å². The second-order valence-corrected chi connectivity index (χ2v) is 5.24. The number of amides is 1. The first-order valence-corrected chi connectivity index (χ1v) is 7.49. The molecule has 0 unspecified atom stereocenters. The van der Waals surface area contributed by atoms with Crippen LogP contribution in [-0.4, -0.2) is 29.9 Å². The molecule has 0 saturated carbocycles. The fraction of sp³-hybridized carbons (Fsp3) is 0.471. The number of nitrogens with one attached hydrogen (secondary N) is 1. The molecule has 0 aromatic heterocycles. The Morgan fingerprint density at radius 1 is 1.25 bits per heavy atom. The van der Waals surface area contributed by atoms with E-state index >= 15 is 0 Å². The number of hydrogen-bond donors (Lipinski definition) is 1. The Bertz CT molecular complexity index is 434. The molecule has 1 amide bonds. The van der Waals surface area contributed by atoms with Crippen LogP contribution in [0, 0.1) is 0 Å². The minimum atomic E-state index is 0.231. The van der Waals surface area contributed by atoms with Crippen LogP contribution >= 0.6 is 0 Å². The molecule has 1 aliphatic carbocycles. The largest absolute Gasteiger partial charge is 0.339 e. The third-order valence-corrected chi connectivity index (χ3v) is 3.73. The van der Waals surface area contributed by atoms with Gasteiger partial charge in [-0.05, 0) is 25.3 Å². The van der Waals surface area contributed by atoms with Gasteiger partial charge in [-0.2, -0.15) is 0 Å². The van der Waals surface area contributed by atoms with E-state index < -0.39 is 0 Å². The van der Waals surface area contributed by atoms with Crippen LogP contribution in [0.2, 0.25) is 0 Å². The molecule has 0 heterocycles. The maximum Gasteiger partial charge on any atom is 0.224 e. The van der Waals surface area contributed by atoms with Crippen LogP contribution in [-0.2, 0) is 11.3 Å². The van der Waals surface area contributed by atoms with E-state index in [-0.39, 0.29) is 5.91 Å². The smallest absolute Gasteiger partial charge is 0.224 e. The Morgan fingerprint density at radius 3 is 2.60 bits per heavy atom. The molecule has 20 heavy (non-hydrogen) atoms. The third kappa shape index (κ3) is 4.49. The number of rotatable bonds is 7. The number of carbonyl (C=O) groups is 1. The topological polar surface area (TPSA) is 32.3 Å². The van der Waals surface area contributed by atoms with Crippen LogP contribution in [0.4, 0.5) is 0 Å². The number of nitrogens with zero attached hydrogens (tertiary/aromatic N) is 1. The van der Waals surface area contributed by atoms with Gasteiger partial charge in [0, 0.05) is 32.1 Å². The van der Waals surface area contributed by atoms with Crippen molar-refractivity contribution in [3.05, 3.63) is 48.0 Å². The first-order chi connectivity index (χ1) is 9.79. The summed E-state index contributed by atoms with van der Waals surface area (Å²) in [4.78, 5) is 14.1. The predicted molar refractivity (Wildman–Crippen MR) is 82.3 cm³/mol. The van der Waals surface area contributed by atoms with Gasteiger partial charge in [-0.15, -0.1) is 0 Å². The van der Waals surface area contributed by atoms with E-state index in [1.165, 1.54) is 5.56 Å². The minimum absolute atomic E-state index is 0.231. The second kappa shape index (κ2) is 7.85. The van der Waals surface area contributed by atoms with Crippen LogP contribution in [0.3, 0.4) is 0 Å². The third-order valence-electron chi connectivity index (χ3n) is 3.73. The highest BCUT2D eigenvalue weighted by Crippen LogP contribution is 2.09. The summed E-state index contributed by atoms with van der Waals surface area (Å²) < 4.78 is 0. The van der Waals surface area contributed by atoms with E-state index in [0.29, 0.717) is 19.0 Å². The van der Waals surface area contributed by atoms with Gasteiger partial charge in [-0.25, -0.2) is 0 Å². The molecule has 1 aromatic carbocycles. The van der Waals surface area contributed by atoms with Crippen molar-refractivity contribution < 1.29 is 4.79 Å². The van der Waals surface area contributed by atoms with E-state index in [9.17, 15) is 4.79 Å². The van der Waals surface area contributed by atoms with Crippen LogP contribution in [0.25, 0.3) is 0 Å². The van der Waals surface area contributed by atoms with Crippen molar-refractivity contribution in [1.82, 2.24) is 10.2 Å². The van der Waals surface area contributed by atoms with Crippen LogP contribution in [0.15, 0.2) is 42.5 Å². The lowest BCUT2D eigenvalue weighted by molar-refractivity contribution is -0.131. The Hall–Kier alpha value is -1.61. The molecule has 1 N–H and O–H groups in total. The van der Waals surface area contributed by atoms with Gasteiger partial charge in [0.1, 0.15) is 0 Å². The molecule has 0 bridgehead atoms. The average molecular weight is 272 g/mol.